The van der Waals surface area contributed by atoms with Crippen LogP contribution in [0.2, 0.25) is 0 Å². The van der Waals surface area contributed by atoms with E-state index in [4.69, 9.17) is 9.47 Å². The first kappa shape index (κ1) is 19.8. The number of nitro groups is 1. The van der Waals surface area contributed by atoms with Crippen LogP contribution >= 0.6 is 0 Å². The van der Waals surface area contributed by atoms with E-state index >= 15 is 0 Å². The van der Waals surface area contributed by atoms with E-state index in [0.29, 0.717) is 37.4 Å². The molecule has 0 spiro atoms. The first-order valence-corrected chi connectivity index (χ1v) is 8.68. The largest absolute Gasteiger partial charge is 0.496 e. The monoisotopic (exact) mass is 365 g/mol. The number of aryl methyl sites for hydroxylation is 1. The van der Waals surface area contributed by atoms with Crippen molar-refractivity contribution in [3.8, 4) is 5.75 Å². The molecule has 0 saturated carbocycles. The zero-order chi connectivity index (χ0) is 19.5. The lowest BCUT2D eigenvalue weighted by atomic mass is 10.0. The van der Waals surface area contributed by atoms with Gasteiger partial charge in [0, 0.05) is 19.1 Å². The van der Waals surface area contributed by atoms with Gasteiger partial charge in [0.25, 0.3) is 5.69 Å². The number of nitrogens with one attached hydrogen (secondary N) is 1. The second-order valence-electron chi connectivity index (χ2n) is 7.48. The van der Waals surface area contributed by atoms with Crippen LogP contribution in [0.25, 0.3) is 0 Å². The van der Waals surface area contributed by atoms with Crippen molar-refractivity contribution in [2.24, 2.45) is 0 Å². The standard InChI is InChI=1S/C18H27N3O5/c1-12-10-14(15(21(23)24)11-16(12)25-5)19-13-6-8-20(9-7-13)17(22)26-18(2,3)4/h10-11,13,19H,6-9H2,1-5H3. The molecule has 8 nitrogen and oxygen atoms in total. The Kier molecular flexibility index (Phi) is 5.94. The number of piperidine rings is 1. The highest BCUT2D eigenvalue weighted by atomic mass is 16.6. The van der Waals surface area contributed by atoms with Crippen molar-refractivity contribution < 1.29 is 19.2 Å². The van der Waals surface area contributed by atoms with Crippen molar-refractivity contribution in [1.82, 2.24) is 4.90 Å². The van der Waals surface area contributed by atoms with Crippen LogP contribution in [0.4, 0.5) is 16.2 Å². The molecule has 1 aliphatic rings. The summed E-state index contributed by atoms with van der Waals surface area (Å²) in [4.78, 5) is 24.7. The molecule has 1 aromatic carbocycles. The second-order valence-corrected chi connectivity index (χ2v) is 7.48. The minimum atomic E-state index is -0.520. The van der Waals surface area contributed by atoms with Crippen LogP contribution in [-0.2, 0) is 4.74 Å². The Bertz CT molecular complexity index is 676. The zero-order valence-electron chi connectivity index (χ0n) is 16.0. The molecule has 0 atom stereocenters. The van der Waals surface area contributed by atoms with Gasteiger partial charge in [-0.2, -0.15) is 0 Å². The lowest BCUT2D eigenvalue weighted by Gasteiger charge is -2.34. The maximum Gasteiger partial charge on any atom is 0.410 e. The first-order chi connectivity index (χ1) is 12.1. The number of hydrogen-bond acceptors (Lipinski definition) is 6. The number of nitrogens with zero attached hydrogens (tertiary/aromatic N) is 2. The van der Waals surface area contributed by atoms with Gasteiger partial charge < -0.3 is 19.7 Å². The number of ether oxygens (including phenoxy) is 2. The third kappa shape index (κ3) is 5.00. The number of hydrogen-bond donors (Lipinski definition) is 1. The highest BCUT2D eigenvalue weighted by Gasteiger charge is 2.28. The molecule has 2 rings (SSSR count). The number of methoxy groups -OCH3 is 1. The lowest BCUT2D eigenvalue weighted by Crippen LogP contribution is -2.44. The maximum absolute atomic E-state index is 12.1. The molecular formula is C18H27N3O5. The second kappa shape index (κ2) is 7.80. The van der Waals surface area contributed by atoms with E-state index in [2.05, 4.69) is 5.32 Å². The molecule has 0 bridgehead atoms. The van der Waals surface area contributed by atoms with Gasteiger partial charge in [0.15, 0.2) is 0 Å². The van der Waals surface area contributed by atoms with E-state index in [-0.39, 0.29) is 17.8 Å². The Labute approximate surface area is 153 Å². The van der Waals surface area contributed by atoms with E-state index in [1.165, 1.54) is 13.2 Å². The van der Waals surface area contributed by atoms with Gasteiger partial charge in [-0.3, -0.25) is 10.1 Å². The van der Waals surface area contributed by atoms with Gasteiger partial charge in [-0.05, 0) is 52.2 Å². The number of benzene rings is 1. The fourth-order valence-electron chi connectivity index (χ4n) is 2.92. The van der Waals surface area contributed by atoms with Gasteiger partial charge in [0.05, 0.1) is 18.1 Å². The normalized spacial score (nSPS) is 15.5. The van der Waals surface area contributed by atoms with Crippen molar-refractivity contribution in [2.45, 2.75) is 52.2 Å². The predicted molar refractivity (Wildman–Crippen MR) is 98.8 cm³/mol. The summed E-state index contributed by atoms with van der Waals surface area (Å²) in [5, 5.41) is 14.6. The molecule has 1 heterocycles. The van der Waals surface area contributed by atoms with Gasteiger partial charge in [-0.25, -0.2) is 4.79 Å². The Morgan fingerprint density at radius 3 is 2.42 bits per heavy atom. The summed E-state index contributed by atoms with van der Waals surface area (Å²) in [6.45, 7) is 8.46. The van der Waals surface area contributed by atoms with Gasteiger partial charge in [0.1, 0.15) is 17.0 Å². The highest BCUT2D eigenvalue weighted by molar-refractivity contribution is 5.69. The molecule has 1 saturated heterocycles. The maximum atomic E-state index is 12.1. The predicted octanol–water partition coefficient (Wildman–Crippen LogP) is 3.72. The van der Waals surface area contributed by atoms with E-state index in [1.54, 1.807) is 11.0 Å². The summed E-state index contributed by atoms with van der Waals surface area (Å²) in [6, 6.07) is 3.23. The molecular weight excluding hydrogens is 338 g/mol. The van der Waals surface area contributed by atoms with Crippen molar-refractivity contribution >= 4 is 17.5 Å². The summed E-state index contributed by atoms with van der Waals surface area (Å²) in [6.07, 6.45) is 1.07. The van der Waals surface area contributed by atoms with Crippen LogP contribution in [0.15, 0.2) is 12.1 Å². The topological polar surface area (TPSA) is 93.9 Å². The molecule has 1 N–H and O–H groups in total. The molecule has 0 aromatic heterocycles. The molecule has 0 radical (unpaired) electrons. The van der Waals surface area contributed by atoms with Gasteiger partial charge >= 0.3 is 6.09 Å². The highest BCUT2D eigenvalue weighted by Crippen LogP contribution is 2.33. The number of anilines is 1. The fraction of sp³-hybridized carbons (Fsp3) is 0.611. The number of carbonyl (C=O) groups excluding carboxylic acids is 1. The van der Waals surface area contributed by atoms with Gasteiger partial charge in [-0.1, -0.05) is 0 Å². The number of rotatable bonds is 4. The summed E-state index contributed by atoms with van der Waals surface area (Å²) in [7, 11) is 1.49. The molecule has 0 unspecified atom stereocenters. The van der Waals surface area contributed by atoms with Gasteiger partial charge in [0.2, 0.25) is 0 Å². The van der Waals surface area contributed by atoms with Crippen molar-refractivity contribution in [2.75, 3.05) is 25.5 Å². The van der Waals surface area contributed by atoms with Crippen LogP contribution in [0.5, 0.6) is 5.75 Å². The van der Waals surface area contributed by atoms with Crippen molar-refractivity contribution in [3.05, 3.63) is 27.8 Å². The quantitative estimate of drug-likeness (QED) is 0.645. The van der Waals surface area contributed by atoms with Crippen LogP contribution < -0.4 is 10.1 Å². The number of amides is 1. The molecule has 1 amide bonds. The first-order valence-electron chi connectivity index (χ1n) is 8.68. The zero-order valence-corrected chi connectivity index (χ0v) is 16.0. The van der Waals surface area contributed by atoms with Crippen molar-refractivity contribution in [3.63, 3.8) is 0 Å². The minimum Gasteiger partial charge on any atom is -0.496 e. The number of nitro benzene ring substituents is 1. The van der Waals surface area contributed by atoms with Gasteiger partial charge in [-0.15, -0.1) is 0 Å². The Balaban J connectivity index is 2.02. The average molecular weight is 365 g/mol. The molecule has 1 aromatic rings. The van der Waals surface area contributed by atoms with Crippen molar-refractivity contribution in [1.29, 1.82) is 0 Å². The minimum absolute atomic E-state index is 0.0120. The Hall–Kier alpha value is -2.51. The summed E-state index contributed by atoms with van der Waals surface area (Å²) in [5.74, 6) is 0.488. The van der Waals surface area contributed by atoms with Crippen LogP contribution in [-0.4, -0.2) is 47.8 Å². The summed E-state index contributed by atoms with van der Waals surface area (Å²) >= 11 is 0. The Morgan fingerprint density at radius 2 is 1.92 bits per heavy atom. The molecule has 144 valence electrons. The molecule has 26 heavy (non-hydrogen) atoms. The van der Waals surface area contributed by atoms with Crippen LogP contribution in [0.3, 0.4) is 0 Å². The molecule has 8 heteroatoms. The van der Waals surface area contributed by atoms with Crippen LogP contribution in [0, 0.1) is 17.0 Å². The molecule has 1 aliphatic heterocycles. The molecule has 1 fully saturated rings. The SMILES string of the molecule is COc1cc([N+](=O)[O-])c(NC2CCN(C(=O)OC(C)(C)C)CC2)cc1C. The molecule has 0 aliphatic carbocycles. The third-order valence-corrected chi connectivity index (χ3v) is 4.22. The summed E-state index contributed by atoms with van der Waals surface area (Å²) < 4.78 is 10.6. The van der Waals surface area contributed by atoms with E-state index in [0.717, 1.165) is 5.56 Å². The van der Waals surface area contributed by atoms with Crippen LogP contribution in [0.1, 0.15) is 39.2 Å². The number of likely N-dealkylation sites (tertiary alicyclic amines) is 1. The van der Waals surface area contributed by atoms with E-state index in [9.17, 15) is 14.9 Å². The van der Waals surface area contributed by atoms with E-state index in [1.807, 2.05) is 27.7 Å². The smallest absolute Gasteiger partial charge is 0.410 e. The van der Waals surface area contributed by atoms with E-state index < -0.39 is 10.5 Å². The Morgan fingerprint density at radius 1 is 1.31 bits per heavy atom. The number of carbonyl (C=O) groups is 1. The third-order valence-electron chi connectivity index (χ3n) is 4.22. The lowest BCUT2D eigenvalue weighted by molar-refractivity contribution is -0.384. The average Bonchev–Trinajstić information content (AvgIpc) is 2.53. The fourth-order valence-corrected chi connectivity index (χ4v) is 2.92. The summed E-state index contributed by atoms with van der Waals surface area (Å²) in [5.41, 5.74) is 0.769.